The van der Waals surface area contributed by atoms with E-state index in [1.807, 2.05) is 0 Å². The first-order chi connectivity index (χ1) is 23.2. The SMILES string of the molecule is CN(C)C(=O)c1cccc(S(=O)(=O)N2CCCCC2C(=O)O[C@@H](Cc2c(Cl)c[n+]([O-])cc2Cl)c2ccc(OC(F)F)c(OCC3CC3)c2)c1. The van der Waals surface area contributed by atoms with Crippen LogP contribution in [0.1, 0.15) is 59.7 Å². The van der Waals surface area contributed by atoms with Crippen LogP contribution in [0.3, 0.4) is 0 Å². The summed E-state index contributed by atoms with van der Waals surface area (Å²) < 4.78 is 72.4. The highest BCUT2D eigenvalue weighted by Gasteiger charge is 2.40. The van der Waals surface area contributed by atoms with E-state index in [2.05, 4.69) is 4.74 Å². The molecule has 0 radical (unpaired) electrons. The van der Waals surface area contributed by atoms with Crippen LogP contribution in [0, 0.1) is 11.1 Å². The zero-order valence-corrected chi connectivity index (χ0v) is 29.0. The molecule has 1 aromatic heterocycles. The number of sulfonamides is 1. The average molecular weight is 743 g/mol. The summed E-state index contributed by atoms with van der Waals surface area (Å²) in [5.74, 6) is -1.20. The highest BCUT2D eigenvalue weighted by Crippen LogP contribution is 2.38. The Bertz CT molecular complexity index is 1790. The Morgan fingerprint density at radius 2 is 1.76 bits per heavy atom. The lowest BCUT2D eigenvalue weighted by Gasteiger charge is -2.34. The molecule has 11 nitrogen and oxygen atoms in total. The minimum atomic E-state index is -4.27. The van der Waals surface area contributed by atoms with Crippen molar-refractivity contribution < 1.29 is 45.7 Å². The molecule has 264 valence electrons. The fourth-order valence-corrected chi connectivity index (χ4v) is 7.78. The number of nitrogens with zero attached hydrogens (tertiary/aromatic N) is 3. The summed E-state index contributed by atoms with van der Waals surface area (Å²) in [5, 5.41) is 11.9. The van der Waals surface area contributed by atoms with Gasteiger partial charge in [0.05, 0.1) is 11.5 Å². The topological polar surface area (TPSA) is 129 Å². The van der Waals surface area contributed by atoms with Crippen LogP contribution < -0.4 is 14.2 Å². The number of benzene rings is 2. The number of hydrogen-bond acceptors (Lipinski definition) is 8. The quantitative estimate of drug-likeness (QED) is 0.122. The molecule has 0 bridgehead atoms. The van der Waals surface area contributed by atoms with Crippen LogP contribution in [0.15, 0.2) is 59.8 Å². The van der Waals surface area contributed by atoms with E-state index < -0.39 is 34.7 Å². The molecule has 1 saturated heterocycles. The van der Waals surface area contributed by atoms with Crippen molar-refractivity contribution in [2.24, 2.45) is 5.92 Å². The van der Waals surface area contributed by atoms with E-state index in [0.717, 1.165) is 29.5 Å². The molecule has 1 aliphatic heterocycles. The van der Waals surface area contributed by atoms with Gasteiger partial charge in [-0.1, -0.05) is 35.3 Å². The second kappa shape index (κ2) is 15.4. The van der Waals surface area contributed by atoms with E-state index in [-0.39, 0.29) is 75.4 Å². The number of pyridine rings is 1. The van der Waals surface area contributed by atoms with Crippen molar-refractivity contribution in [2.75, 3.05) is 27.2 Å². The number of aromatic nitrogens is 1. The van der Waals surface area contributed by atoms with Crippen LogP contribution in [0.5, 0.6) is 11.5 Å². The summed E-state index contributed by atoms with van der Waals surface area (Å²) in [6.45, 7) is -2.83. The Morgan fingerprint density at radius 3 is 2.41 bits per heavy atom. The van der Waals surface area contributed by atoms with E-state index >= 15 is 0 Å². The van der Waals surface area contributed by atoms with Crippen molar-refractivity contribution in [1.29, 1.82) is 0 Å². The van der Waals surface area contributed by atoms with Gasteiger partial charge in [-0.3, -0.25) is 9.59 Å². The summed E-state index contributed by atoms with van der Waals surface area (Å²) in [4.78, 5) is 27.7. The maximum Gasteiger partial charge on any atom is 0.387 e. The smallest absolute Gasteiger partial charge is 0.387 e. The standard InChI is InChI=1S/C33H35Cl2F2N3O8S/c1-38(2)31(41)22-6-5-7-23(14-22)49(44,45)40-13-4-3-8-27(40)32(42)47-29(16-24-25(34)17-39(43)18-26(24)35)21-11-12-28(48-33(36)37)30(15-21)46-19-20-9-10-20/h5-7,11-12,14-15,17-18,20,27,29,33H,3-4,8-10,13,16,19H2,1-2H3/t27?,29-/m0/s1. The molecule has 5 rings (SSSR count). The van der Waals surface area contributed by atoms with Gasteiger partial charge in [0.2, 0.25) is 10.0 Å². The van der Waals surface area contributed by atoms with Crippen LogP contribution >= 0.6 is 23.2 Å². The first-order valence-electron chi connectivity index (χ1n) is 15.6. The fourth-order valence-electron chi connectivity index (χ4n) is 5.49. The Labute approximate surface area is 292 Å². The molecule has 1 saturated carbocycles. The van der Waals surface area contributed by atoms with Gasteiger partial charge in [0.25, 0.3) is 5.91 Å². The molecule has 2 aromatic carbocycles. The van der Waals surface area contributed by atoms with Gasteiger partial charge >= 0.3 is 12.6 Å². The number of hydrogen-bond donors (Lipinski definition) is 0. The lowest BCUT2D eigenvalue weighted by molar-refractivity contribution is -0.605. The highest BCUT2D eigenvalue weighted by atomic mass is 35.5. The van der Waals surface area contributed by atoms with Gasteiger partial charge in [0, 0.05) is 38.2 Å². The molecule has 1 aliphatic carbocycles. The van der Waals surface area contributed by atoms with E-state index in [4.69, 9.17) is 32.7 Å². The maximum absolute atomic E-state index is 14.0. The Morgan fingerprint density at radius 1 is 1.04 bits per heavy atom. The molecule has 2 heterocycles. The van der Waals surface area contributed by atoms with Gasteiger partial charge in [0.1, 0.15) is 22.2 Å². The predicted octanol–water partition coefficient (Wildman–Crippen LogP) is 5.79. The van der Waals surface area contributed by atoms with E-state index in [0.29, 0.717) is 23.1 Å². The molecule has 0 spiro atoms. The molecule has 2 atom stereocenters. The van der Waals surface area contributed by atoms with Gasteiger partial charge < -0.3 is 24.3 Å². The van der Waals surface area contributed by atoms with Crippen molar-refractivity contribution in [3.63, 3.8) is 0 Å². The molecule has 2 fully saturated rings. The second-order valence-electron chi connectivity index (χ2n) is 12.1. The minimum absolute atomic E-state index is 0.00225. The van der Waals surface area contributed by atoms with Gasteiger partial charge in [-0.25, -0.2) is 8.42 Å². The number of amides is 1. The third kappa shape index (κ3) is 8.91. The van der Waals surface area contributed by atoms with Crippen LogP contribution in [0.25, 0.3) is 0 Å². The summed E-state index contributed by atoms with van der Waals surface area (Å²) in [7, 11) is -1.18. The number of piperidine rings is 1. The minimum Gasteiger partial charge on any atom is -0.619 e. The van der Waals surface area contributed by atoms with E-state index in [1.54, 1.807) is 14.1 Å². The number of rotatable bonds is 13. The number of alkyl halides is 2. The summed E-state index contributed by atoms with van der Waals surface area (Å²) in [6.07, 6.45) is 3.87. The molecule has 2 aliphatic rings. The first kappa shape index (κ1) is 36.6. The van der Waals surface area contributed by atoms with Crippen LogP contribution in [-0.2, 0) is 26.0 Å². The number of ether oxygens (including phenoxy) is 3. The van der Waals surface area contributed by atoms with Gasteiger partial charge in [-0.2, -0.15) is 17.8 Å². The van der Waals surface area contributed by atoms with Crippen molar-refractivity contribution in [1.82, 2.24) is 9.21 Å². The van der Waals surface area contributed by atoms with E-state index in [1.165, 1.54) is 47.4 Å². The van der Waals surface area contributed by atoms with Crippen molar-refractivity contribution in [2.45, 2.75) is 62.2 Å². The van der Waals surface area contributed by atoms with Crippen molar-refractivity contribution in [3.05, 3.63) is 86.8 Å². The first-order valence-corrected chi connectivity index (χ1v) is 17.8. The third-order valence-electron chi connectivity index (χ3n) is 8.25. The number of carbonyl (C=O) groups is 2. The highest BCUT2D eigenvalue weighted by molar-refractivity contribution is 7.89. The Balaban J connectivity index is 1.49. The molecule has 1 unspecified atom stereocenters. The predicted molar refractivity (Wildman–Crippen MR) is 175 cm³/mol. The van der Waals surface area contributed by atoms with Crippen LogP contribution in [0.4, 0.5) is 8.78 Å². The second-order valence-corrected chi connectivity index (χ2v) is 14.8. The molecule has 3 aromatic rings. The fraction of sp³-hybridized carbons (Fsp3) is 0.424. The zero-order valence-electron chi connectivity index (χ0n) is 26.7. The third-order valence-corrected chi connectivity index (χ3v) is 10.8. The maximum atomic E-state index is 14.0. The summed E-state index contributed by atoms with van der Waals surface area (Å²) >= 11 is 12.7. The molecular weight excluding hydrogens is 707 g/mol. The lowest BCUT2D eigenvalue weighted by atomic mass is 10.0. The van der Waals surface area contributed by atoms with Crippen molar-refractivity contribution >= 4 is 45.1 Å². The molecule has 0 N–H and O–H groups in total. The Hall–Kier alpha value is -3.72. The average Bonchev–Trinajstić information content (AvgIpc) is 3.89. The van der Waals surface area contributed by atoms with E-state index in [9.17, 15) is 32.0 Å². The van der Waals surface area contributed by atoms with Crippen molar-refractivity contribution in [3.8, 4) is 11.5 Å². The zero-order chi connectivity index (χ0) is 35.5. The molecule has 16 heteroatoms. The normalized spacial score (nSPS) is 17.4. The van der Waals surface area contributed by atoms with Crippen LogP contribution in [-0.4, -0.2) is 69.4 Å². The Kier molecular flexibility index (Phi) is 11.5. The monoisotopic (exact) mass is 741 g/mol. The largest absolute Gasteiger partial charge is 0.619 e. The molecule has 49 heavy (non-hydrogen) atoms. The summed E-state index contributed by atoms with van der Waals surface area (Å²) in [5.41, 5.74) is 0.723. The number of carbonyl (C=O) groups excluding carboxylic acids is 2. The number of esters is 1. The van der Waals surface area contributed by atoms with Gasteiger partial charge in [-0.15, -0.1) is 0 Å². The van der Waals surface area contributed by atoms with Gasteiger partial charge in [0.15, 0.2) is 23.9 Å². The lowest BCUT2D eigenvalue weighted by Crippen LogP contribution is -2.48. The number of halogens is 4. The summed E-state index contributed by atoms with van der Waals surface area (Å²) in [6, 6.07) is 8.46. The van der Waals surface area contributed by atoms with Crippen LogP contribution in [0.2, 0.25) is 10.0 Å². The molecule has 1 amide bonds. The molecular formula is C33H35Cl2F2N3O8S. The van der Waals surface area contributed by atoms with Gasteiger partial charge in [-0.05, 0) is 73.9 Å².